The van der Waals surface area contributed by atoms with Crippen LogP contribution in [0.15, 0.2) is 0 Å². The fourth-order valence-corrected chi connectivity index (χ4v) is 0.736. The lowest BCUT2D eigenvalue weighted by Gasteiger charge is -2.15. The molecule has 2 nitrogen and oxygen atoms in total. The minimum Gasteiger partial charge on any atom is -0.374 e. The molecular weight excluding hydrogens is 104 g/mol. The number of carbonyl (C=O) groups excluding carboxylic acids is 1. The normalized spacial score (nSPS) is 30.6. The molecule has 0 saturated carbocycles. The van der Waals surface area contributed by atoms with Gasteiger partial charge in [0.05, 0.1) is 0 Å². The number of rotatable bonds is 0. The Hall–Kier alpha value is -0.370. The largest absolute Gasteiger partial charge is 0.374 e. The van der Waals surface area contributed by atoms with Crippen molar-refractivity contribution in [1.29, 1.82) is 0 Å². The van der Waals surface area contributed by atoms with Gasteiger partial charge >= 0.3 is 0 Å². The summed E-state index contributed by atoms with van der Waals surface area (Å²) in [5.41, 5.74) is 0. The first-order valence-corrected chi connectivity index (χ1v) is 2.91. The Morgan fingerprint density at radius 1 is 1.75 bits per heavy atom. The molecule has 1 aliphatic heterocycles. The minimum absolute atomic E-state index is 0.240. The zero-order chi connectivity index (χ0) is 5.98. The van der Waals surface area contributed by atoms with Crippen molar-refractivity contribution in [2.24, 2.45) is 5.92 Å². The molecule has 1 fully saturated rings. The molecule has 1 atom stereocenters. The Morgan fingerprint density at radius 3 is 2.88 bits per heavy atom. The molecule has 0 N–H and O–H groups in total. The highest BCUT2D eigenvalue weighted by atomic mass is 16.5. The number of ketones is 1. The maximum absolute atomic E-state index is 10.7. The van der Waals surface area contributed by atoms with Crippen molar-refractivity contribution in [3.63, 3.8) is 0 Å². The van der Waals surface area contributed by atoms with E-state index in [9.17, 15) is 4.79 Å². The summed E-state index contributed by atoms with van der Waals surface area (Å²) in [6.45, 7) is 3.04. The molecule has 0 aromatic carbocycles. The summed E-state index contributed by atoms with van der Waals surface area (Å²) < 4.78 is 4.90. The smallest absolute Gasteiger partial charge is 0.161 e. The lowest BCUT2D eigenvalue weighted by atomic mass is 10.0. The van der Waals surface area contributed by atoms with E-state index >= 15 is 0 Å². The first-order chi connectivity index (χ1) is 3.80. The molecular formula is C6H10O2. The van der Waals surface area contributed by atoms with Gasteiger partial charge in [0, 0.05) is 12.5 Å². The molecule has 0 amide bonds. The van der Waals surface area contributed by atoms with Gasteiger partial charge in [0.15, 0.2) is 5.78 Å². The minimum atomic E-state index is 0.240. The van der Waals surface area contributed by atoms with Gasteiger partial charge in [-0.15, -0.1) is 0 Å². The van der Waals surface area contributed by atoms with Gasteiger partial charge < -0.3 is 4.74 Å². The third-order valence-corrected chi connectivity index (χ3v) is 1.49. The van der Waals surface area contributed by atoms with E-state index in [2.05, 4.69) is 0 Å². The molecule has 0 bridgehead atoms. The molecule has 0 aliphatic carbocycles. The van der Waals surface area contributed by atoms with Crippen LogP contribution in [0.5, 0.6) is 0 Å². The van der Waals surface area contributed by atoms with Gasteiger partial charge in [0.2, 0.25) is 0 Å². The molecule has 0 aromatic rings. The van der Waals surface area contributed by atoms with Crippen LogP contribution in [-0.4, -0.2) is 19.0 Å². The Kier molecular flexibility index (Phi) is 1.63. The van der Waals surface area contributed by atoms with Gasteiger partial charge in [0.25, 0.3) is 0 Å². The van der Waals surface area contributed by atoms with Crippen LogP contribution in [0.1, 0.15) is 13.3 Å². The third kappa shape index (κ3) is 1.07. The van der Waals surface area contributed by atoms with E-state index < -0.39 is 0 Å². The molecule has 1 rings (SSSR count). The van der Waals surface area contributed by atoms with E-state index in [1.807, 2.05) is 6.92 Å². The van der Waals surface area contributed by atoms with Crippen molar-refractivity contribution in [2.75, 3.05) is 13.2 Å². The second kappa shape index (κ2) is 2.27. The summed E-state index contributed by atoms with van der Waals surface area (Å²) in [6, 6.07) is 0. The van der Waals surface area contributed by atoms with E-state index in [0.29, 0.717) is 6.61 Å². The van der Waals surface area contributed by atoms with Crippen molar-refractivity contribution >= 4 is 5.78 Å². The van der Waals surface area contributed by atoms with Crippen LogP contribution >= 0.6 is 0 Å². The van der Waals surface area contributed by atoms with Crippen LogP contribution in [0, 0.1) is 5.92 Å². The second-order valence-corrected chi connectivity index (χ2v) is 2.21. The second-order valence-electron chi connectivity index (χ2n) is 2.21. The Morgan fingerprint density at radius 2 is 2.50 bits per heavy atom. The molecule has 8 heavy (non-hydrogen) atoms. The molecule has 46 valence electrons. The average molecular weight is 114 g/mol. The van der Waals surface area contributed by atoms with Crippen LogP contribution in [0.4, 0.5) is 0 Å². The van der Waals surface area contributed by atoms with Gasteiger partial charge in [-0.05, 0) is 6.42 Å². The molecule has 2 heteroatoms. The SMILES string of the molecule is CC1CCOCC1=O. The third-order valence-electron chi connectivity index (χ3n) is 1.49. The molecule has 0 spiro atoms. The van der Waals surface area contributed by atoms with Crippen LogP contribution in [0.25, 0.3) is 0 Å². The Balaban J connectivity index is 2.39. The molecule has 1 saturated heterocycles. The van der Waals surface area contributed by atoms with Crippen LogP contribution in [0.3, 0.4) is 0 Å². The molecule has 1 aliphatic rings. The highest BCUT2D eigenvalue weighted by molar-refractivity contribution is 5.82. The van der Waals surface area contributed by atoms with E-state index in [4.69, 9.17) is 4.74 Å². The van der Waals surface area contributed by atoms with Crippen LogP contribution in [-0.2, 0) is 9.53 Å². The van der Waals surface area contributed by atoms with Gasteiger partial charge in [-0.3, -0.25) is 4.79 Å². The van der Waals surface area contributed by atoms with E-state index in [1.165, 1.54) is 0 Å². The predicted molar refractivity (Wildman–Crippen MR) is 29.6 cm³/mol. The molecule has 0 aromatic heterocycles. The summed E-state index contributed by atoms with van der Waals surface area (Å²) in [5.74, 6) is 0.486. The summed E-state index contributed by atoms with van der Waals surface area (Å²) in [6.07, 6.45) is 0.902. The van der Waals surface area contributed by atoms with Gasteiger partial charge in [-0.2, -0.15) is 0 Å². The van der Waals surface area contributed by atoms with Gasteiger partial charge in [-0.25, -0.2) is 0 Å². The fourth-order valence-electron chi connectivity index (χ4n) is 0.736. The predicted octanol–water partition coefficient (Wildman–Crippen LogP) is 0.612. The monoisotopic (exact) mass is 114 g/mol. The van der Waals surface area contributed by atoms with Crippen molar-refractivity contribution in [2.45, 2.75) is 13.3 Å². The fraction of sp³-hybridized carbons (Fsp3) is 0.833. The van der Waals surface area contributed by atoms with Gasteiger partial charge in [0.1, 0.15) is 6.61 Å². The number of ether oxygens (including phenoxy) is 1. The Bertz CT molecular complexity index is 98.7. The van der Waals surface area contributed by atoms with Gasteiger partial charge in [-0.1, -0.05) is 6.92 Å². The first kappa shape index (κ1) is 5.76. The van der Waals surface area contributed by atoms with E-state index in [0.717, 1.165) is 13.0 Å². The lowest BCUT2D eigenvalue weighted by Crippen LogP contribution is -2.24. The van der Waals surface area contributed by atoms with Crippen molar-refractivity contribution in [1.82, 2.24) is 0 Å². The number of Topliss-reactive ketones (excluding diaryl/α,β-unsaturated/α-hetero) is 1. The first-order valence-electron chi connectivity index (χ1n) is 2.91. The number of hydrogen-bond acceptors (Lipinski definition) is 2. The van der Waals surface area contributed by atoms with Crippen LogP contribution in [0.2, 0.25) is 0 Å². The summed E-state index contributed by atoms with van der Waals surface area (Å²) in [7, 11) is 0. The highest BCUT2D eigenvalue weighted by Gasteiger charge is 2.16. The highest BCUT2D eigenvalue weighted by Crippen LogP contribution is 2.08. The lowest BCUT2D eigenvalue weighted by molar-refractivity contribution is -0.131. The van der Waals surface area contributed by atoms with Crippen molar-refractivity contribution in [3.05, 3.63) is 0 Å². The average Bonchev–Trinajstić information content (AvgIpc) is 1.77. The Labute approximate surface area is 48.8 Å². The molecule has 1 heterocycles. The topological polar surface area (TPSA) is 26.3 Å². The van der Waals surface area contributed by atoms with Crippen molar-refractivity contribution < 1.29 is 9.53 Å². The maximum Gasteiger partial charge on any atom is 0.161 e. The van der Waals surface area contributed by atoms with Crippen LogP contribution < -0.4 is 0 Å². The number of hydrogen-bond donors (Lipinski definition) is 0. The summed E-state index contributed by atoms with van der Waals surface area (Å²) in [5, 5.41) is 0. The summed E-state index contributed by atoms with van der Waals surface area (Å²) >= 11 is 0. The van der Waals surface area contributed by atoms with Crippen molar-refractivity contribution in [3.8, 4) is 0 Å². The van der Waals surface area contributed by atoms with E-state index in [1.54, 1.807) is 0 Å². The summed E-state index contributed by atoms with van der Waals surface area (Å²) in [4.78, 5) is 10.7. The molecule has 1 unspecified atom stereocenters. The number of carbonyl (C=O) groups is 1. The standard InChI is InChI=1S/C6H10O2/c1-5-2-3-8-4-6(5)7/h5H,2-4H2,1H3. The molecule has 0 radical (unpaired) electrons. The zero-order valence-corrected chi connectivity index (χ0v) is 5.02. The quantitative estimate of drug-likeness (QED) is 0.461. The maximum atomic E-state index is 10.7. The zero-order valence-electron chi connectivity index (χ0n) is 5.02. The van der Waals surface area contributed by atoms with E-state index in [-0.39, 0.29) is 11.7 Å².